The Labute approximate surface area is 105 Å². The van der Waals surface area contributed by atoms with Crippen molar-refractivity contribution in [1.82, 2.24) is 9.78 Å². The summed E-state index contributed by atoms with van der Waals surface area (Å²) in [5.41, 5.74) is 3.60. The molecular weight excluding hydrogens is 236 g/mol. The van der Waals surface area contributed by atoms with Gasteiger partial charge in [0.25, 0.3) is 0 Å². The lowest BCUT2D eigenvalue weighted by atomic mass is 10.0. The number of hydrogen-bond acceptors (Lipinski definition) is 2. The molecule has 17 heavy (non-hydrogen) atoms. The number of aldehydes is 1. The average molecular weight is 249 g/mol. The van der Waals surface area contributed by atoms with Crippen LogP contribution in [-0.4, -0.2) is 16.1 Å². The van der Waals surface area contributed by atoms with Crippen LogP contribution < -0.4 is 0 Å². The van der Waals surface area contributed by atoms with Gasteiger partial charge in [-0.15, -0.1) is 0 Å². The summed E-state index contributed by atoms with van der Waals surface area (Å²) in [7, 11) is 1.89. The summed E-state index contributed by atoms with van der Waals surface area (Å²) in [5.74, 6) is 0. The lowest BCUT2D eigenvalue weighted by Gasteiger charge is -2.02. The highest BCUT2D eigenvalue weighted by atomic mass is 35.5. The molecule has 0 unspecified atom stereocenters. The van der Waals surface area contributed by atoms with E-state index in [4.69, 9.17) is 11.6 Å². The van der Waals surface area contributed by atoms with E-state index in [9.17, 15) is 4.79 Å². The molecule has 0 amide bonds. The largest absolute Gasteiger partial charge is 0.298 e. The van der Waals surface area contributed by atoms with E-state index < -0.39 is 0 Å². The van der Waals surface area contributed by atoms with Gasteiger partial charge in [-0.2, -0.15) is 5.10 Å². The van der Waals surface area contributed by atoms with Gasteiger partial charge in [0.2, 0.25) is 0 Å². The Morgan fingerprint density at radius 2 is 2.24 bits per heavy atom. The first-order valence-electron chi connectivity index (χ1n) is 5.43. The molecule has 88 valence electrons. The first kappa shape index (κ1) is 11.9. The Morgan fingerprint density at radius 3 is 2.82 bits per heavy atom. The number of aryl methyl sites for hydroxylation is 2. The van der Waals surface area contributed by atoms with Crippen molar-refractivity contribution >= 4 is 17.9 Å². The summed E-state index contributed by atoms with van der Waals surface area (Å²) in [6.07, 6.45) is 3.59. The molecule has 1 aromatic carbocycles. The molecule has 4 heteroatoms. The molecule has 0 N–H and O–H groups in total. The zero-order valence-electron chi connectivity index (χ0n) is 9.77. The van der Waals surface area contributed by atoms with Crippen molar-refractivity contribution in [1.29, 1.82) is 0 Å². The highest BCUT2D eigenvalue weighted by Gasteiger charge is 2.09. The van der Waals surface area contributed by atoms with Gasteiger partial charge < -0.3 is 0 Å². The van der Waals surface area contributed by atoms with Gasteiger partial charge in [0.15, 0.2) is 6.29 Å². The summed E-state index contributed by atoms with van der Waals surface area (Å²) >= 11 is 6.02. The molecule has 3 nitrogen and oxygen atoms in total. The molecule has 1 aromatic heterocycles. The van der Waals surface area contributed by atoms with E-state index in [-0.39, 0.29) is 0 Å². The fraction of sp³-hybridized carbons (Fsp3) is 0.231. The van der Waals surface area contributed by atoms with Crippen LogP contribution in [0.3, 0.4) is 0 Å². The normalized spacial score (nSPS) is 10.5. The standard InChI is InChI=1S/C13H13ClN2O/c1-3-13-11(7-16(2)15-13)9-4-5-10(8-17)12(14)6-9/h4-8H,3H2,1-2H3. The Morgan fingerprint density at radius 1 is 1.47 bits per heavy atom. The van der Waals surface area contributed by atoms with Gasteiger partial charge in [-0.25, -0.2) is 0 Å². The summed E-state index contributed by atoms with van der Waals surface area (Å²) in [6.45, 7) is 2.06. The first-order chi connectivity index (χ1) is 8.15. The number of hydrogen-bond donors (Lipinski definition) is 0. The fourth-order valence-electron chi connectivity index (χ4n) is 1.83. The van der Waals surface area contributed by atoms with Crippen LogP contribution in [0.2, 0.25) is 5.02 Å². The van der Waals surface area contributed by atoms with E-state index in [1.807, 2.05) is 25.4 Å². The number of benzene rings is 1. The molecule has 0 aliphatic carbocycles. The second kappa shape index (κ2) is 4.72. The predicted octanol–water partition coefficient (Wildman–Crippen LogP) is 3.12. The van der Waals surface area contributed by atoms with Crippen molar-refractivity contribution in [2.75, 3.05) is 0 Å². The molecule has 0 bridgehead atoms. The fourth-order valence-corrected chi connectivity index (χ4v) is 2.05. The van der Waals surface area contributed by atoms with Crippen LogP contribution in [0.25, 0.3) is 11.1 Å². The molecule has 0 saturated heterocycles. The molecule has 0 aliphatic rings. The van der Waals surface area contributed by atoms with E-state index in [1.54, 1.807) is 10.7 Å². The van der Waals surface area contributed by atoms with Crippen LogP contribution in [0.15, 0.2) is 24.4 Å². The minimum absolute atomic E-state index is 0.475. The lowest BCUT2D eigenvalue weighted by Crippen LogP contribution is -1.89. The van der Waals surface area contributed by atoms with Crippen LogP contribution in [0.4, 0.5) is 0 Å². The van der Waals surface area contributed by atoms with Crippen molar-refractivity contribution in [2.45, 2.75) is 13.3 Å². The maximum absolute atomic E-state index is 10.7. The van der Waals surface area contributed by atoms with E-state index in [0.29, 0.717) is 10.6 Å². The molecule has 1 heterocycles. The van der Waals surface area contributed by atoms with Crippen LogP contribution in [-0.2, 0) is 13.5 Å². The topological polar surface area (TPSA) is 34.9 Å². The summed E-state index contributed by atoms with van der Waals surface area (Å²) in [6, 6.07) is 5.43. The maximum atomic E-state index is 10.7. The molecule has 2 aromatic rings. The molecule has 0 aliphatic heterocycles. The zero-order chi connectivity index (χ0) is 12.4. The third-order valence-electron chi connectivity index (χ3n) is 2.68. The Bertz CT molecular complexity index is 561. The van der Waals surface area contributed by atoms with Gasteiger partial charge in [0.05, 0.1) is 10.7 Å². The molecule has 0 spiro atoms. The summed E-state index contributed by atoms with van der Waals surface area (Å²) in [4.78, 5) is 10.7. The zero-order valence-corrected chi connectivity index (χ0v) is 10.5. The van der Waals surface area contributed by atoms with Gasteiger partial charge in [0, 0.05) is 24.4 Å². The van der Waals surface area contributed by atoms with Gasteiger partial charge in [-0.1, -0.05) is 24.6 Å². The van der Waals surface area contributed by atoms with Gasteiger partial charge in [-0.3, -0.25) is 9.48 Å². The SMILES string of the molecule is CCc1nn(C)cc1-c1ccc(C=O)c(Cl)c1. The maximum Gasteiger partial charge on any atom is 0.151 e. The number of carbonyl (C=O) groups is 1. The van der Waals surface area contributed by atoms with Crippen molar-refractivity contribution in [2.24, 2.45) is 7.05 Å². The van der Waals surface area contributed by atoms with E-state index in [1.165, 1.54) is 0 Å². The monoisotopic (exact) mass is 248 g/mol. The summed E-state index contributed by atoms with van der Waals surface area (Å²) < 4.78 is 1.79. The molecule has 0 radical (unpaired) electrons. The third kappa shape index (κ3) is 2.24. The van der Waals surface area contributed by atoms with Crippen LogP contribution in [0.1, 0.15) is 23.0 Å². The Balaban J connectivity index is 2.52. The quantitative estimate of drug-likeness (QED) is 0.783. The third-order valence-corrected chi connectivity index (χ3v) is 3.01. The van der Waals surface area contributed by atoms with E-state index in [0.717, 1.165) is 29.5 Å². The highest BCUT2D eigenvalue weighted by Crippen LogP contribution is 2.27. The smallest absolute Gasteiger partial charge is 0.151 e. The Hall–Kier alpha value is -1.61. The van der Waals surface area contributed by atoms with E-state index >= 15 is 0 Å². The molecule has 0 saturated carbocycles. The van der Waals surface area contributed by atoms with Crippen LogP contribution >= 0.6 is 11.6 Å². The average Bonchev–Trinajstić information content (AvgIpc) is 2.70. The number of halogens is 1. The molecule has 0 atom stereocenters. The molecule has 2 rings (SSSR count). The second-order valence-corrected chi connectivity index (χ2v) is 4.28. The number of aromatic nitrogens is 2. The van der Waals surface area contributed by atoms with Gasteiger partial charge in [0.1, 0.15) is 0 Å². The van der Waals surface area contributed by atoms with E-state index in [2.05, 4.69) is 12.0 Å². The van der Waals surface area contributed by atoms with Crippen LogP contribution in [0.5, 0.6) is 0 Å². The van der Waals surface area contributed by atoms with Crippen molar-refractivity contribution in [3.05, 3.63) is 40.7 Å². The highest BCUT2D eigenvalue weighted by molar-refractivity contribution is 6.33. The number of carbonyl (C=O) groups excluding carboxylic acids is 1. The molecule has 0 fully saturated rings. The minimum Gasteiger partial charge on any atom is -0.298 e. The van der Waals surface area contributed by atoms with Crippen molar-refractivity contribution in [3.63, 3.8) is 0 Å². The Kier molecular flexibility index (Phi) is 3.29. The number of rotatable bonds is 3. The van der Waals surface area contributed by atoms with Gasteiger partial charge >= 0.3 is 0 Å². The minimum atomic E-state index is 0.475. The van der Waals surface area contributed by atoms with Crippen molar-refractivity contribution in [3.8, 4) is 11.1 Å². The summed E-state index contributed by atoms with van der Waals surface area (Å²) in [5, 5.41) is 4.86. The van der Waals surface area contributed by atoms with Gasteiger partial charge in [-0.05, 0) is 24.1 Å². The predicted molar refractivity (Wildman–Crippen MR) is 68.4 cm³/mol. The van der Waals surface area contributed by atoms with Crippen molar-refractivity contribution < 1.29 is 4.79 Å². The lowest BCUT2D eigenvalue weighted by molar-refractivity contribution is 0.112. The van der Waals surface area contributed by atoms with Crippen LogP contribution in [0, 0.1) is 0 Å². The number of nitrogens with zero attached hydrogens (tertiary/aromatic N) is 2. The molecular formula is C13H13ClN2O. The first-order valence-corrected chi connectivity index (χ1v) is 5.81. The second-order valence-electron chi connectivity index (χ2n) is 3.87.